The van der Waals surface area contributed by atoms with Crippen molar-refractivity contribution in [3.05, 3.63) is 35.1 Å². The molecule has 1 unspecified atom stereocenters. The first-order chi connectivity index (χ1) is 8.42. The summed E-state index contributed by atoms with van der Waals surface area (Å²) >= 11 is 0. The van der Waals surface area contributed by atoms with E-state index in [0.717, 1.165) is 0 Å². The Labute approximate surface area is 108 Å². The Balaban J connectivity index is 2.70. The summed E-state index contributed by atoms with van der Waals surface area (Å²) in [5.74, 6) is -0.501. The number of amides is 1. The van der Waals surface area contributed by atoms with Crippen LogP contribution in [0.2, 0.25) is 0 Å². The highest BCUT2D eigenvalue weighted by Gasteiger charge is 2.11. The normalized spacial score (nSPS) is 12.2. The minimum Gasteiger partial charge on any atom is -0.348 e. The lowest BCUT2D eigenvalue weighted by Gasteiger charge is -2.10. The topological polar surface area (TPSA) is 63.4 Å². The third-order valence-electron chi connectivity index (χ3n) is 2.36. The summed E-state index contributed by atoms with van der Waals surface area (Å²) in [5, 5.41) is 0. The van der Waals surface area contributed by atoms with Crippen molar-refractivity contribution in [3.63, 3.8) is 0 Å². The number of nitrogens with two attached hydrogens (primary N) is 1. The monoisotopic (exact) mass is 272 g/mol. The van der Waals surface area contributed by atoms with Gasteiger partial charge < -0.3 is 10.6 Å². The van der Waals surface area contributed by atoms with Crippen LogP contribution < -0.4 is 5.73 Å². The Morgan fingerprint density at radius 3 is 2.50 bits per heavy atom. The Kier molecular flexibility index (Phi) is 5.43. The van der Waals surface area contributed by atoms with Gasteiger partial charge in [0.05, 0.1) is 0 Å². The molecule has 1 amide bonds. The van der Waals surface area contributed by atoms with E-state index in [1.165, 1.54) is 17.0 Å². The zero-order valence-electron chi connectivity index (χ0n) is 10.5. The predicted octanol–water partition coefficient (Wildman–Crippen LogP) is 0.621. The fraction of sp³-hybridized carbons (Fsp3) is 0.417. The fourth-order valence-corrected chi connectivity index (χ4v) is 2.60. The van der Waals surface area contributed by atoms with Gasteiger partial charge in [0.15, 0.2) is 0 Å². The molecule has 2 N–H and O–H groups in total. The van der Waals surface area contributed by atoms with Crippen LogP contribution in [0.3, 0.4) is 0 Å². The number of carbonyl (C=O) groups is 1. The van der Waals surface area contributed by atoms with Crippen molar-refractivity contribution in [3.8, 4) is 0 Å². The molecular weight excluding hydrogens is 255 g/mol. The van der Waals surface area contributed by atoms with E-state index in [-0.39, 0.29) is 24.0 Å². The Morgan fingerprint density at radius 1 is 1.33 bits per heavy atom. The molecule has 1 rings (SSSR count). The maximum absolute atomic E-state index is 13.2. The third-order valence-corrected chi connectivity index (χ3v) is 3.59. The van der Waals surface area contributed by atoms with Gasteiger partial charge in [0.2, 0.25) is 5.91 Å². The predicted molar refractivity (Wildman–Crippen MR) is 69.7 cm³/mol. The minimum absolute atomic E-state index is 0.0541. The maximum atomic E-state index is 13.2. The summed E-state index contributed by atoms with van der Waals surface area (Å²) < 4.78 is 25.0. The molecule has 0 radical (unpaired) electrons. The van der Waals surface area contributed by atoms with E-state index < -0.39 is 16.6 Å². The summed E-state index contributed by atoms with van der Waals surface area (Å²) in [6.45, 7) is 0.230. The fourth-order valence-electron chi connectivity index (χ4n) is 1.42. The first kappa shape index (κ1) is 14.8. The quantitative estimate of drug-likeness (QED) is 0.854. The van der Waals surface area contributed by atoms with Crippen LogP contribution in [-0.4, -0.2) is 34.9 Å². The van der Waals surface area contributed by atoms with E-state index in [1.54, 1.807) is 20.2 Å². The first-order valence-corrected chi connectivity index (χ1v) is 6.94. The standard InChI is InChI=1S/C12H17FN2O2S/c1-15(2)12(16)8-18(17)7-10-3-9(6-14)4-11(13)5-10/h3-5H,6-8,14H2,1-2H3. The second kappa shape index (κ2) is 6.61. The van der Waals surface area contributed by atoms with Crippen LogP contribution in [0.4, 0.5) is 4.39 Å². The summed E-state index contributed by atoms with van der Waals surface area (Å²) in [4.78, 5) is 12.8. The minimum atomic E-state index is -1.34. The average Bonchev–Trinajstić information content (AvgIpc) is 2.27. The molecule has 0 spiro atoms. The van der Waals surface area contributed by atoms with Gasteiger partial charge in [-0.2, -0.15) is 0 Å². The van der Waals surface area contributed by atoms with Crippen LogP contribution in [0.25, 0.3) is 0 Å². The molecule has 1 aromatic rings. The third kappa shape index (κ3) is 4.54. The number of nitrogens with zero attached hydrogens (tertiary/aromatic N) is 1. The highest BCUT2D eigenvalue weighted by Crippen LogP contribution is 2.11. The lowest BCUT2D eigenvalue weighted by atomic mass is 10.1. The van der Waals surface area contributed by atoms with Crippen LogP contribution >= 0.6 is 0 Å². The van der Waals surface area contributed by atoms with Crippen LogP contribution in [0, 0.1) is 5.82 Å². The smallest absolute Gasteiger partial charge is 0.234 e. The van der Waals surface area contributed by atoms with Crippen LogP contribution in [0.1, 0.15) is 11.1 Å². The van der Waals surface area contributed by atoms with E-state index in [2.05, 4.69) is 0 Å². The van der Waals surface area contributed by atoms with Crippen molar-refractivity contribution < 1.29 is 13.4 Å². The molecule has 0 aromatic heterocycles. The molecule has 0 heterocycles. The van der Waals surface area contributed by atoms with Crippen molar-refractivity contribution in [2.45, 2.75) is 12.3 Å². The van der Waals surface area contributed by atoms with Crippen molar-refractivity contribution in [2.75, 3.05) is 19.8 Å². The lowest BCUT2D eigenvalue weighted by Crippen LogP contribution is -2.27. The number of benzene rings is 1. The second-order valence-corrected chi connectivity index (χ2v) is 5.65. The molecule has 1 atom stereocenters. The molecule has 0 aliphatic heterocycles. The van der Waals surface area contributed by atoms with Gasteiger partial charge >= 0.3 is 0 Å². The summed E-state index contributed by atoms with van der Waals surface area (Å²) in [5.41, 5.74) is 6.69. The van der Waals surface area contributed by atoms with Gasteiger partial charge in [-0.1, -0.05) is 6.07 Å². The number of hydrogen-bond donors (Lipinski definition) is 1. The van der Waals surface area contributed by atoms with Crippen molar-refractivity contribution >= 4 is 16.7 Å². The van der Waals surface area contributed by atoms with Crippen molar-refractivity contribution in [1.82, 2.24) is 4.90 Å². The maximum Gasteiger partial charge on any atom is 0.234 e. The van der Waals surface area contributed by atoms with Gasteiger partial charge in [-0.3, -0.25) is 9.00 Å². The van der Waals surface area contributed by atoms with Crippen LogP contribution in [0.5, 0.6) is 0 Å². The van der Waals surface area contributed by atoms with Crippen LogP contribution in [-0.2, 0) is 27.9 Å². The van der Waals surface area contributed by atoms with Crippen LogP contribution in [0.15, 0.2) is 18.2 Å². The highest BCUT2D eigenvalue weighted by atomic mass is 32.2. The summed E-state index contributed by atoms with van der Waals surface area (Å²) in [6.07, 6.45) is 0. The SMILES string of the molecule is CN(C)C(=O)CS(=O)Cc1cc(F)cc(CN)c1. The molecule has 100 valence electrons. The molecule has 0 aliphatic rings. The van der Waals surface area contributed by atoms with E-state index >= 15 is 0 Å². The molecule has 0 saturated heterocycles. The van der Waals surface area contributed by atoms with E-state index in [4.69, 9.17) is 5.73 Å². The number of rotatable bonds is 5. The van der Waals surface area contributed by atoms with Gasteiger partial charge in [-0.15, -0.1) is 0 Å². The number of halogens is 1. The molecule has 0 aliphatic carbocycles. The second-order valence-electron chi connectivity index (χ2n) is 4.19. The summed E-state index contributed by atoms with van der Waals surface area (Å²) in [7, 11) is 1.87. The highest BCUT2D eigenvalue weighted by molar-refractivity contribution is 7.84. The molecule has 4 nitrogen and oxygen atoms in total. The largest absolute Gasteiger partial charge is 0.348 e. The number of hydrogen-bond acceptors (Lipinski definition) is 3. The Hall–Kier alpha value is -1.27. The van der Waals surface area contributed by atoms with Gasteiger partial charge in [0.25, 0.3) is 0 Å². The van der Waals surface area contributed by atoms with Gasteiger partial charge in [-0.05, 0) is 23.3 Å². The molecule has 6 heteroatoms. The number of carbonyl (C=O) groups excluding carboxylic acids is 1. The lowest BCUT2D eigenvalue weighted by molar-refractivity contribution is -0.125. The molecule has 0 bridgehead atoms. The van der Waals surface area contributed by atoms with E-state index in [9.17, 15) is 13.4 Å². The average molecular weight is 272 g/mol. The zero-order valence-corrected chi connectivity index (χ0v) is 11.3. The van der Waals surface area contributed by atoms with E-state index in [0.29, 0.717) is 11.1 Å². The van der Waals surface area contributed by atoms with Crippen molar-refractivity contribution in [1.29, 1.82) is 0 Å². The molecule has 0 saturated carbocycles. The van der Waals surface area contributed by atoms with Gasteiger partial charge in [-0.25, -0.2) is 4.39 Å². The molecule has 0 fully saturated rings. The first-order valence-electron chi connectivity index (χ1n) is 5.46. The zero-order chi connectivity index (χ0) is 13.7. The van der Waals surface area contributed by atoms with Gasteiger partial charge in [0, 0.05) is 37.2 Å². The van der Waals surface area contributed by atoms with E-state index in [1.807, 2.05) is 0 Å². The Morgan fingerprint density at radius 2 is 1.94 bits per heavy atom. The van der Waals surface area contributed by atoms with Crippen molar-refractivity contribution in [2.24, 2.45) is 5.73 Å². The molecule has 18 heavy (non-hydrogen) atoms. The molecular formula is C12H17FN2O2S. The molecule has 1 aromatic carbocycles. The van der Waals surface area contributed by atoms with Gasteiger partial charge in [0.1, 0.15) is 11.6 Å². The Bertz CT molecular complexity index is 463. The summed E-state index contributed by atoms with van der Waals surface area (Å²) in [6, 6.07) is 4.37.